The van der Waals surface area contributed by atoms with Crippen LogP contribution in [-0.4, -0.2) is 35.4 Å². The van der Waals surface area contributed by atoms with E-state index in [0.717, 1.165) is 6.42 Å². The fourth-order valence-electron chi connectivity index (χ4n) is 2.13. The Labute approximate surface area is 133 Å². The van der Waals surface area contributed by atoms with Crippen LogP contribution >= 0.6 is 0 Å². The average molecular weight is 321 g/mol. The van der Waals surface area contributed by atoms with Crippen molar-refractivity contribution in [3.8, 4) is 5.75 Å². The molecule has 0 saturated heterocycles. The fourth-order valence-corrected chi connectivity index (χ4v) is 2.13. The molecule has 2 rings (SSSR count). The predicted octanol–water partition coefficient (Wildman–Crippen LogP) is 1.62. The quantitative estimate of drug-likeness (QED) is 0.656. The van der Waals surface area contributed by atoms with Crippen LogP contribution in [0.4, 0.5) is 11.4 Å². The maximum absolute atomic E-state index is 12.2. The van der Waals surface area contributed by atoms with E-state index in [4.69, 9.17) is 4.74 Å². The molecule has 0 fully saturated rings. The molecule has 2 amide bonds. The monoisotopic (exact) mass is 321 g/mol. The Kier molecular flexibility index (Phi) is 4.53. The SMILES string of the molecule is CCC(C)(C)NC(=O)CN1C(=O)COc2ccc([N+](=O)[O-])cc21. The molecule has 0 bridgehead atoms. The number of nitro groups is 1. The van der Waals surface area contributed by atoms with E-state index in [2.05, 4.69) is 5.32 Å². The standard InChI is InChI=1S/C15H19N3O5/c1-4-15(2,3)16-13(19)8-17-11-7-10(18(21)22)5-6-12(11)23-9-14(17)20/h5-7H,4,8-9H2,1-3H3,(H,16,19). The highest BCUT2D eigenvalue weighted by Gasteiger charge is 2.30. The van der Waals surface area contributed by atoms with E-state index < -0.39 is 16.4 Å². The zero-order chi connectivity index (χ0) is 17.2. The van der Waals surface area contributed by atoms with Crippen molar-refractivity contribution in [2.24, 2.45) is 0 Å². The van der Waals surface area contributed by atoms with Crippen molar-refractivity contribution in [2.75, 3.05) is 18.1 Å². The number of nitrogens with one attached hydrogen (secondary N) is 1. The summed E-state index contributed by atoms with van der Waals surface area (Å²) < 4.78 is 5.26. The molecule has 23 heavy (non-hydrogen) atoms. The Bertz CT molecular complexity index is 657. The Balaban J connectivity index is 2.26. The van der Waals surface area contributed by atoms with Crippen LogP contribution in [-0.2, 0) is 9.59 Å². The molecule has 0 atom stereocenters. The number of nitrogens with zero attached hydrogens (tertiary/aromatic N) is 2. The summed E-state index contributed by atoms with van der Waals surface area (Å²) in [5, 5.41) is 13.7. The highest BCUT2D eigenvalue weighted by Crippen LogP contribution is 2.35. The third-order valence-electron chi connectivity index (χ3n) is 3.76. The van der Waals surface area contributed by atoms with Gasteiger partial charge in [-0.1, -0.05) is 6.92 Å². The van der Waals surface area contributed by atoms with Crippen LogP contribution in [0.2, 0.25) is 0 Å². The van der Waals surface area contributed by atoms with Crippen molar-refractivity contribution in [1.29, 1.82) is 0 Å². The highest BCUT2D eigenvalue weighted by molar-refractivity contribution is 6.02. The van der Waals surface area contributed by atoms with E-state index in [1.807, 2.05) is 20.8 Å². The lowest BCUT2D eigenvalue weighted by atomic mass is 10.0. The van der Waals surface area contributed by atoms with E-state index in [9.17, 15) is 19.7 Å². The first kappa shape index (κ1) is 16.7. The zero-order valence-corrected chi connectivity index (χ0v) is 13.3. The van der Waals surface area contributed by atoms with Crippen LogP contribution in [0.25, 0.3) is 0 Å². The number of anilines is 1. The van der Waals surface area contributed by atoms with E-state index in [1.54, 1.807) is 0 Å². The first-order chi connectivity index (χ1) is 10.7. The van der Waals surface area contributed by atoms with Gasteiger partial charge in [-0.25, -0.2) is 0 Å². The number of nitro benzene ring substituents is 1. The summed E-state index contributed by atoms with van der Waals surface area (Å²) >= 11 is 0. The Morgan fingerprint density at radius 1 is 1.48 bits per heavy atom. The minimum Gasteiger partial charge on any atom is -0.482 e. The van der Waals surface area contributed by atoms with E-state index in [0.29, 0.717) is 5.75 Å². The van der Waals surface area contributed by atoms with Crippen LogP contribution in [0.1, 0.15) is 27.2 Å². The van der Waals surface area contributed by atoms with Gasteiger partial charge in [0, 0.05) is 17.7 Å². The van der Waals surface area contributed by atoms with Crippen LogP contribution in [0.15, 0.2) is 18.2 Å². The minimum absolute atomic E-state index is 0.165. The molecule has 8 heteroatoms. The maximum atomic E-state index is 12.2. The highest BCUT2D eigenvalue weighted by atomic mass is 16.6. The molecule has 0 saturated carbocycles. The Hall–Kier alpha value is -2.64. The molecule has 1 heterocycles. The summed E-state index contributed by atoms with van der Waals surface area (Å²) in [7, 11) is 0. The van der Waals surface area contributed by atoms with Crippen molar-refractivity contribution in [1.82, 2.24) is 5.32 Å². The van der Waals surface area contributed by atoms with Crippen LogP contribution in [0.5, 0.6) is 5.75 Å². The third-order valence-corrected chi connectivity index (χ3v) is 3.76. The molecule has 1 aromatic rings. The number of carbonyl (C=O) groups excluding carboxylic acids is 2. The van der Waals surface area contributed by atoms with Crippen molar-refractivity contribution in [3.63, 3.8) is 0 Å². The van der Waals surface area contributed by atoms with Gasteiger partial charge in [-0.2, -0.15) is 0 Å². The summed E-state index contributed by atoms with van der Waals surface area (Å²) in [6.07, 6.45) is 0.734. The number of ether oxygens (including phenoxy) is 1. The molecule has 1 aliphatic rings. The molecule has 8 nitrogen and oxygen atoms in total. The number of hydrogen-bond acceptors (Lipinski definition) is 5. The van der Waals surface area contributed by atoms with Gasteiger partial charge in [0.05, 0.1) is 10.6 Å². The van der Waals surface area contributed by atoms with Gasteiger partial charge in [0.15, 0.2) is 6.61 Å². The molecule has 1 aliphatic heterocycles. The smallest absolute Gasteiger partial charge is 0.271 e. The molecule has 0 aliphatic carbocycles. The van der Waals surface area contributed by atoms with Gasteiger partial charge in [0.1, 0.15) is 12.3 Å². The van der Waals surface area contributed by atoms with E-state index in [1.165, 1.54) is 23.1 Å². The van der Waals surface area contributed by atoms with E-state index >= 15 is 0 Å². The van der Waals surface area contributed by atoms with Gasteiger partial charge in [0.2, 0.25) is 5.91 Å². The second kappa shape index (κ2) is 6.23. The van der Waals surface area contributed by atoms with Gasteiger partial charge in [-0.3, -0.25) is 24.6 Å². The fraction of sp³-hybridized carbons (Fsp3) is 0.467. The van der Waals surface area contributed by atoms with Crippen LogP contribution < -0.4 is 15.0 Å². The van der Waals surface area contributed by atoms with Crippen molar-refractivity contribution in [2.45, 2.75) is 32.7 Å². The Morgan fingerprint density at radius 2 is 2.17 bits per heavy atom. The molecule has 0 spiro atoms. The van der Waals surface area contributed by atoms with Gasteiger partial charge in [-0.05, 0) is 26.3 Å². The zero-order valence-electron chi connectivity index (χ0n) is 13.3. The Morgan fingerprint density at radius 3 is 2.78 bits per heavy atom. The van der Waals surface area contributed by atoms with Gasteiger partial charge in [0.25, 0.3) is 11.6 Å². The molecule has 0 radical (unpaired) electrons. The lowest BCUT2D eigenvalue weighted by molar-refractivity contribution is -0.384. The first-order valence-corrected chi connectivity index (χ1v) is 7.26. The number of fused-ring (bicyclic) bond motifs is 1. The summed E-state index contributed by atoms with van der Waals surface area (Å²) in [5.74, 6) is -0.398. The lowest BCUT2D eigenvalue weighted by Crippen LogP contribution is -2.50. The largest absolute Gasteiger partial charge is 0.482 e. The summed E-state index contributed by atoms with van der Waals surface area (Å²) in [6, 6.07) is 3.97. The summed E-state index contributed by atoms with van der Waals surface area (Å²) in [4.78, 5) is 35.8. The molecular formula is C15H19N3O5. The summed E-state index contributed by atoms with van der Waals surface area (Å²) in [6.45, 7) is 5.30. The third kappa shape index (κ3) is 3.77. The van der Waals surface area contributed by atoms with Crippen LogP contribution in [0, 0.1) is 10.1 Å². The number of benzene rings is 1. The minimum atomic E-state index is -0.558. The number of non-ortho nitro benzene ring substituents is 1. The van der Waals surface area contributed by atoms with Crippen LogP contribution in [0.3, 0.4) is 0 Å². The topological polar surface area (TPSA) is 102 Å². The average Bonchev–Trinajstić information content (AvgIpc) is 2.49. The van der Waals surface area contributed by atoms with Crippen molar-refractivity contribution in [3.05, 3.63) is 28.3 Å². The molecular weight excluding hydrogens is 302 g/mol. The van der Waals surface area contributed by atoms with Crippen molar-refractivity contribution < 1.29 is 19.2 Å². The van der Waals surface area contributed by atoms with Gasteiger partial charge >= 0.3 is 0 Å². The second-order valence-electron chi connectivity index (χ2n) is 5.96. The maximum Gasteiger partial charge on any atom is 0.271 e. The molecule has 0 aromatic heterocycles. The lowest BCUT2D eigenvalue weighted by Gasteiger charge is -2.30. The summed E-state index contributed by atoms with van der Waals surface area (Å²) in [5.41, 5.74) is -0.320. The molecule has 124 valence electrons. The van der Waals surface area contributed by atoms with E-state index in [-0.39, 0.29) is 30.4 Å². The predicted molar refractivity (Wildman–Crippen MR) is 83.5 cm³/mol. The molecule has 1 N–H and O–H groups in total. The van der Waals surface area contributed by atoms with Crippen molar-refractivity contribution >= 4 is 23.2 Å². The number of carbonyl (C=O) groups is 2. The molecule has 0 unspecified atom stereocenters. The van der Waals surface area contributed by atoms with Gasteiger partial charge < -0.3 is 10.1 Å². The normalized spacial score (nSPS) is 14.0. The second-order valence-corrected chi connectivity index (χ2v) is 5.96. The van der Waals surface area contributed by atoms with Gasteiger partial charge in [-0.15, -0.1) is 0 Å². The number of hydrogen-bond donors (Lipinski definition) is 1. The first-order valence-electron chi connectivity index (χ1n) is 7.26. The molecule has 1 aromatic carbocycles. The number of rotatable bonds is 5. The number of amides is 2.